The molecule has 0 unspecified atom stereocenters. The molecule has 0 aliphatic heterocycles. The molecule has 0 aliphatic carbocycles. The molecule has 2 rings (SSSR count). The van der Waals surface area contributed by atoms with E-state index in [9.17, 15) is 17.2 Å². The number of sulfonamides is 1. The van der Waals surface area contributed by atoms with E-state index >= 15 is 0 Å². The van der Waals surface area contributed by atoms with Gasteiger partial charge in [-0.3, -0.25) is 4.72 Å². The van der Waals surface area contributed by atoms with Crippen LogP contribution >= 0.6 is 50.5 Å². The van der Waals surface area contributed by atoms with Crippen LogP contribution in [0.15, 0.2) is 27.6 Å². The minimum Gasteiger partial charge on any atom is -0.276 e. The van der Waals surface area contributed by atoms with Crippen LogP contribution in [0.2, 0.25) is 8.67 Å². The molecule has 0 saturated heterocycles. The molecule has 0 aliphatic rings. The third kappa shape index (κ3) is 3.25. The minimum absolute atomic E-state index is 0.0690. The average Bonchev–Trinajstić information content (AvgIpc) is 2.66. The van der Waals surface area contributed by atoms with Crippen LogP contribution in [-0.2, 0) is 10.0 Å². The molecule has 0 atom stereocenters. The van der Waals surface area contributed by atoms with E-state index in [-0.39, 0.29) is 18.0 Å². The van der Waals surface area contributed by atoms with E-state index in [1.165, 1.54) is 0 Å². The van der Waals surface area contributed by atoms with Gasteiger partial charge in [-0.15, -0.1) is 11.3 Å². The van der Waals surface area contributed by atoms with E-state index in [2.05, 4.69) is 15.9 Å². The molecule has 3 nitrogen and oxygen atoms in total. The fourth-order valence-electron chi connectivity index (χ4n) is 1.31. The molecule has 10 heteroatoms. The highest BCUT2D eigenvalue weighted by molar-refractivity contribution is 9.10. The molecular weight excluding hydrogens is 419 g/mol. The van der Waals surface area contributed by atoms with E-state index in [1.54, 1.807) is 0 Å². The van der Waals surface area contributed by atoms with Gasteiger partial charge in [0, 0.05) is 6.07 Å². The van der Waals surface area contributed by atoms with E-state index in [4.69, 9.17) is 23.2 Å². The SMILES string of the molecule is O=S(=O)(Nc1cc(F)c(Br)cc1F)c1cc(Cl)sc1Cl. The molecule has 0 amide bonds. The number of benzene rings is 1. The lowest BCUT2D eigenvalue weighted by atomic mass is 10.3. The summed E-state index contributed by atoms with van der Waals surface area (Å²) < 4.78 is 52.9. The van der Waals surface area contributed by atoms with Crippen molar-refractivity contribution in [3.63, 3.8) is 0 Å². The van der Waals surface area contributed by atoms with E-state index in [0.717, 1.165) is 29.5 Å². The summed E-state index contributed by atoms with van der Waals surface area (Å²) in [5.74, 6) is -1.74. The minimum atomic E-state index is -4.15. The Labute approximate surface area is 135 Å². The Hall–Kier alpha value is -0.410. The van der Waals surface area contributed by atoms with Gasteiger partial charge in [0.15, 0.2) is 0 Å². The number of nitrogens with one attached hydrogen (secondary N) is 1. The highest BCUT2D eigenvalue weighted by Crippen LogP contribution is 2.35. The third-order valence-corrected chi connectivity index (χ3v) is 5.90. The van der Waals surface area contributed by atoms with Crippen LogP contribution in [0.1, 0.15) is 0 Å². The second-order valence-corrected chi connectivity index (χ2v) is 8.33. The molecule has 0 bridgehead atoms. The van der Waals surface area contributed by atoms with Crippen LogP contribution in [0, 0.1) is 11.6 Å². The van der Waals surface area contributed by atoms with Crippen molar-refractivity contribution >= 4 is 66.2 Å². The Bertz CT molecular complexity index is 780. The number of hydrogen-bond acceptors (Lipinski definition) is 3. The van der Waals surface area contributed by atoms with Gasteiger partial charge in [0.05, 0.1) is 14.5 Å². The van der Waals surface area contributed by atoms with Crippen molar-refractivity contribution in [3.05, 3.63) is 43.0 Å². The van der Waals surface area contributed by atoms with Crippen molar-refractivity contribution < 1.29 is 17.2 Å². The first-order valence-corrected chi connectivity index (χ1v) is 8.68. The highest BCUT2D eigenvalue weighted by Gasteiger charge is 2.23. The van der Waals surface area contributed by atoms with Gasteiger partial charge in [-0.05, 0) is 28.1 Å². The van der Waals surface area contributed by atoms with Gasteiger partial charge in [0.25, 0.3) is 10.0 Å². The fraction of sp³-hybridized carbons (Fsp3) is 0. The first-order chi connectivity index (χ1) is 9.20. The standard InChI is InChI=1S/C10H4BrCl2F2NO2S2/c11-4-1-6(15)7(2-5(4)14)16-20(17,18)8-3-9(12)19-10(8)13/h1-3,16H. The van der Waals surface area contributed by atoms with Crippen molar-refractivity contribution in [2.75, 3.05) is 4.72 Å². The topological polar surface area (TPSA) is 46.2 Å². The van der Waals surface area contributed by atoms with Gasteiger partial charge in [0.1, 0.15) is 20.9 Å². The van der Waals surface area contributed by atoms with Crippen LogP contribution in [0.3, 0.4) is 0 Å². The summed E-state index contributed by atoms with van der Waals surface area (Å²) in [6.07, 6.45) is 0. The Balaban J connectivity index is 2.43. The first-order valence-electron chi connectivity index (χ1n) is 4.83. The molecule has 20 heavy (non-hydrogen) atoms. The molecule has 0 spiro atoms. The zero-order valence-corrected chi connectivity index (χ0v) is 14.0. The van der Waals surface area contributed by atoms with Crippen LogP contribution < -0.4 is 4.72 Å². The maximum Gasteiger partial charge on any atom is 0.264 e. The summed E-state index contributed by atoms with van der Waals surface area (Å²) >= 11 is 15.0. The summed E-state index contributed by atoms with van der Waals surface area (Å²) in [5.41, 5.74) is -0.524. The summed E-state index contributed by atoms with van der Waals surface area (Å²) in [5, 5.41) is 0. The molecule has 1 N–H and O–H groups in total. The summed E-state index contributed by atoms with van der Waals surface area (Å²) in [7, 11) is -4.15. The quantitative estimate of drug-likeness (QED) is 0.715. The Morgan fingerprint density at radius 3 is 2.35 bits per heavy atom. The molecule has 2 aromatic rings. The number of rotatable bonds is 3. The van der Waals surface area contributed by atoms with Gasteiger partial charge in [0.2, 0.25) is 0 Å². The van der Waals surface area contributed by atoms with Gasteiger partial charge in [-0.2, -0.15) is 0 Å². The van der Waals surface area contributed by atoms with Crippen molar-refractivity contribution in [3.8, 4) is 0 Å². The Kier molecular flexibility index (Phi) is 4.60. The molecule has 1 heterocycles. The van der Waals surface area contributed by atoms with Gasteiger partial charge in [-0.1, -0.05) is 23.2 Å². The van der Waals surface area contributed by atoms with Crippen LogP contribution in [0.25, 0.3) is 0 Å². The highest BCUT2D eigenvalue weighted by atomic mass is 79.9. The zero-order valence-electron chi connectivity index (χ0n) is 9.25. The number of hydrogen-bond donors (Lipinski definition) is 1. The normalized spacial score (nSPS) is 11.7. The average molecular weight is 423 g/mol. The lowest BCUT2D eigenvalue weighted by molar-refractivity contribution is 0.592. The second kappa shape index (κ2) is 5.76. The molecule has 1 aromatic carbocycles. The predicted molar refractivity (Wildman–Crippen MR) is 79.2 cm³/mol. The van der Waals surface area contributed by atoms with Gasteiger partial charge >= 0.3 is 0 Å². The van der Waals surface area contributed by atoms with Crippen LogP contribution in [-0.4, -0.2) is 8.42 Å². The van der Waals surface area contributed by atoms with Crippen molar-refractivity contribution in [2.45, 2.75) is 4.90 Å². The molecule has 1 aromatic heterocycles. The van der Waals surface area contributed by atoms with Crippen molar-refractivity contribution in [1.29, 1.82) is 0 Å². The molecule has 0 radical (unpaired) electrons. The van der Waals surface area contributed by atoms with Gasteiger partial charge in [-0.25, -0.2) is 17.2 Å². The second-order valence-electron chi connectivity index (χ2n) is 3.54. The smallest absolute Gasteiger partial charge is 0.264 e. The summed E-state index contributed by atoms with van der Waals surface area (Å²) in [4.78, 5) is -0.295. The van der Waals surface area contributed by atoms with Crippen molar-refractivity contribution in [1.82, 2.24) is 0 Å². The Morgan fingerprint density at radius 2 is 1.80 bits per heavy atom. The van der Waals surface area contributed by atoms with E-state index in [0.29, 0.717) is 0 Å². The third-order valence-electron chi connectivity index (χ3n) is 2.17. The lowest BCUT2D eigenvalue weighted by Crippen LogP contribution is -2.14. The summed E-state index contributed by atoms with van der Waals surface area (Å²) in [6, 6.07) is 2.66. The van der Waals surface area contributed by atoms with Crippen LogP contribution in [0.4, 0.5) is 14.5 Å². The van der Waals surface area contributed by atoms with Gasteiger partial charge < -0.3 is 0 Å². The number of halogens is 5. The molecular formula is C10H4BrCl2F2NO2S2. The van der Waals surface area contributed by atoms with Crippen molar-refractivity contribution in [2.24, 2.45) is 0 Å². The Morgan fingerprint density at radius 1 is 1.15 bits per heavy atom. The van der Waals surface area contributed by atoms with E-state index in [1.807, 2.05) is 4.72 Å². The monoisotopic (exact) mass is 421 g/mol. The first kappa shape index (κ1) is 16.0. The fourth-order valence-corrected chi connectivity index (χ4v) is 4.83. The number of anilines is 1. The van der Waals surface area contributed by atoms with Crippen LogP contribution in [0.5, 0.6) is 0 Å². The molecule has 108 valence electrons. The predicted octanol–water partition coefficient (Wildman–Crippen LogP) is 4.90. The molecule has 0 fully saturated rings. The zero-order chi connectivity index (χ0) is 15.1. The number of thiophene rings is 1. The van der Waals surface area contributed by atoms with E-state index < -0.39 is 27.3 Å². The lowest BCUT2D eigenvalue weighted by Gasteiger charge is -2.09. The molecule has 0 saturated carbocycles. The summed E-state index contributed by atoms with van der Waals surface area (Å²) in [6.45, 7) is 0. The maximum absolute atomic E-state index is 13.6. The largest absolute Gasteiger partial charge is 0.276 e. The maximum atomic E-state index is 13.6.